The predicted molar refractivity (Wildman–Crippen MR) is 69.0 cm³/mol. The van der Waals surface area contributed by atoms with Gasteiger partial charge in [-0.3, -0.25) is 4.79 Å². The summed E-state index contributed by atoms with van der Waals surface area (Å²) in [6.07, 6.45) is 2.29. The van der Waals surface area contributed by atoms with Gasteiger partial charge in [0.25, 0.3) is 0 Å². The molecule has 1 rings (SSSR count). The summed E-state index contributed by atoms with van der Waals surface area (Å²) in [5.74, 6) is -0.801. The van der Waals surface area contributed by atoms with Gasteiger partial charge in [-0.2, -0.15) is 0 Å². The summed E-state index contributed by atoms with van der Waals surface area (Å²) in [5, 5.41) is 9.41. The Balaban J connectivity index is 2.87. The van der Waals surface area contributed by atoms with Crippen LogP contribution in [-0.2, 0) is 9.59 Å². The predicted octanol–water partition coefficient (Wildman–Crippen LogP) is 1.22. The molecule has 1 aliphatic rings. The number of carboxylic acid groups (broad SMARTS) is 1. The Morgan fingerprint density at radius 1 is 1.44 bits per heavy atom. The van der Waals surface area contributed by atoms with Crippen molar-refractivity contribution in [2.24, 2.45) is 11.7 Å². The van der Waals surface area contributed by atoms with Crippen LogP contribution in [0.1, 0.15) is 46.5 Å². The lowest BCUT2D eigenvalue weighted by molar-refractivity contribution is -0.157. The van der Waals surface area contributed by atoms with Gasteiger partial charge in [0.05, 0.1) is 6.04 Å². The summed E-state index contributed by atoms with van der Waals surface area (Å²) >= 11 is 0. The van der Waals surface area contributed by atoms with Gasteiger partial charge in [0, 0.05) is 6.54 Å². The molecule has 104 valence electrons. The number of hydrogen-bond donors (Lipinski definition) is 2. The lowest BCUT2D eigenvalue weighted by Crippen LogP contribution is -2.57. The Morgan fingerprint density at radius 2 is 2.06 bits per heavy atom. The maximum atomic E-state index is 12.3. The van der Waals surface area contributed by atoms with Crippen LogP contribution in [0.2, 0.25) is 0 Å². The zero-order chi connectivity index (χ0) is 13.9. The van der Waals surface area contributed by atoms with Gasteiger partial charge in [-0.1, -0.05) is 20.8 Å². The van der Waals surface area contributed by atoms with Crippen molar-refractivity contribution in [3.05, 3.63) is 0 Å². The van der Waals surface area contributed by atoms with Gasteiger partial charge >= 0.3 is 5.97 Å². The zero-order valence-electron chi connectivity index (χ0n) is 11.5. The fourth-order valence-corrected chi connectivity index (χ4v) is 2.75. The first-order valence-corrected chi connectivity index (χ1v) is 6.65. The third-order valence-corrected chi connectivity index (χ3v) is 3.78. The molecule has 1 aliphatic heterocycles. The number of nitrogens with zero attached hydrogens (tertiary/aromatic N) is 1. The van der Waals surface area contributed by atoms with Crippen molar-refractivity contribution < 1.29 is 14.7 Å². The van der Waals surface area contributed by atoms with Crippen LogP contribution in [-0.4, -0.2) is 40.0 Å². The van der Waals surface area contributed by atoms with Gasteiger partial charge < -0.3 is 15.7 Å². The Morgan fingerprint density at radius 3 is 2.50 bits per heavy atom. The molecule has 0 aromatic carbocycles. The van der Waals surface area contributed by atoms with E-state index >= 15 is 0 Å². The maximum Gasteiger partial charge on any atom is 0.329 e. The average Bonchev–Trinajstić information content (AvgIpc) is 2.71. The maximum absolute atomic E-state index is 12.3. The SMILES string of the molecule is CCC1(C(=O)O)CCCN1C(=O)C(N)CC(C)C. The smallest absolute Gasteiger partial charge is 0.329 e. The van der Waals surface area contributed by atoms with E-state index in [4.69, 9.17) is 5.73 Å². The Hall–Kier alpha value is -1.10. The van der Waals surface area contributed by atoms with E-state index in [2.05, 4.69) is 0 Å². The fraction of sp³-hybridized carbons (Fsp3) is 0.846. The van der Waals surface area contributed by atoms with E-state index in [0.29, 0.717) is 31.7 Å². The molecule has 3 N–H and O–H groups in total. The number of likely N-dealkylation sites (tertiary alicyclic amines) is 1. The van der Waals surface area contributed by atoms with Crippen molar-refractivity contribution in [3.63, 3.8) is 0 Å². The van der Waals surface area contributed by atoms with E-state index in [1.807, 2.05) is 20.8 Å². The van der Waals surface area contributed by atoms with Gasteiger partial charge in [-0.05, 0) is 31.6 Å². The Labute approximate surface area is 108 Å². The molecular weight excluding hydrogens is 232 g/mol. The second-order valence-electron chi connectivity index (χ2n) is 5.52. The third kappa shape index (κ3) is 2.66. The van der Waals surface area contributed by atoms with E-state index in [1.54, 1.807) is 0 Å². The van der Waals surface area contributed by atoms with Crippen molar-refractivity contribution in [1.29, 1.82) is 0 Å². The monoisotopic (exact) mass is 256 g/mol. The summed E-state index contributed by atoms with van der Waals surface area (Å²) in [4.78, 5) is 25.3. The summed E-state index contributed by atoms with van der Waals surface area (Å²) in [6, 6.07) is -0.589. The van der Waals surface area contributed by atoms with Crippen LogP contribution < -0.4 is 5.73 Å². The van der Waals surface area contributed by atoms with E-state index in [-0.39, 0.29) is 5.91 Å². The Bertz CT molecular complexity index is 330. The van der Waals surface area contributed by atoms with Crippen LogP contribution in [0.5, 0.6) is 0 Å². The minimum atomic E-state index is -1.04. The summed E-state index contributed by atoms with van der Waals surface area (Å²) in [6.45, 7) is 6.32. The van der Waals surface area contributed by atoms with Crippen molar-refractivity contribution >= 4 is 11.9 Å². The fourth-order valence-electron chi connectivity index (χ4n) is 2.75. The first-order valence-electron chi connectivity index (χ1n) is 6.65. The van der Waals surface area contributed by atoms with E-state index < -0.39 is 17.6 Å². The van der Waals surface area contributed by atoms with E-state index in [9.17, 15) is 14.7 Å². The highest BCUT2D eigenvalue weighted by atomic mass is 16.4. The van der Waals surface area contributed by atoms with Gasteiger partial charge in [-0.25, -0.2) is 4.79 Å². The molecule has 1 heterocycles. The van der Waals surface area contributed by atoms with Crippen LogP contribution in [0.15, 0.2) is 0 Å². The summed E-state index contributed by atoms with van der Waals surface area (Å²) in [7, 11) is 0. The molecule has 0 bridgehead atoms. The standard InChI is InChI=1S/C13H24N2O3/c1-4-13(12(17)18)6-5-7-15(13)11(16)10(14)8-9(2)3/h9-10H,4-8,14H2,1-3H3,(H,17,18). The van der Waals surface area contributed by atoms with Gasteiger partial charge in [-0.15, -0.1) is 0 Å². The first kappa shape index (κ1) is 15.0. The molecule has 18 heavy (non-hydrogen) atoms. The van der Waals surface area contributed by atoms with Gasteiger partial charge in [0.1, 0.15) is 5.54 Å². The highest BCUT2D eigenvalue weighted by molar-refractivity contribution is 5.90. The van der Waals surface area contributed by atoms with Crippen LogP contribution in [0.4, 0.5) is 0 Å². The molecule has 0 aromatic heterocycles. The number of carbonyl (C=O) groups excluding carboxylic acids is 1. The molecule has 1 amide bonds. The molecule has 1 saturated heterocycles. The highest BCUT2D eigenvalue weighted by Crippen LogP contribution is 2.33. The molecule has 5 nitrogen and oxygen atoms in total. The van der Waals surface area contributed by atoms with Crippen LogP contribution >= 0.6 is 0 Å². The molecular formula is C13H24N2O3. The number of rotatable bonds is 5. The van der Waals surface area contributed by atoms with Crippen LogP contribution in [0.3, 0.4) is 0 Å². The number of aliphatic carboxylic acids is 1. The molecule has 2 atom stereocenters. The number of nitrogens with two attached hydrogens (primary N) is 1. The van der Waals surface area contributed by atoms with Crippen molar-refractivity contribution in [3.8, 4) is 0 Å². The lowest BCUT2D eigenvalue weighted by atomic mass is 9.92. The van der Waals surface area contributed by atoms with Crippen LogP contribution in [0.25, 0.3) is 0 Å². The Kier molecular flexibility index (Phi) is 4.73. The normalized spacial score (nSPS) is 25.5. The lowest BCUT2D eigenvalue weighted by Gasteiger charge is -2.35. The van der Waals surface area contributed by atoms with Crippen molar-refractivity contribution in [2.45, 2.75) is 58.0 Å². The van der Waals surface area contributed by atoms with Crippen LogP contribution in [0, 0.1) is 5.92 Å². The molecule has 0 aromatic rings. The van der Waals surface area contributed by atoms with E-state index in [0.717, 1.165) is 6.42 Å². The topological polar surface area (TPSA) is 83.6 Å². The minimum absolute atomic E-state index is 0.217. The highest BCUT2D eigenvalue weighted by Gasteiger charge is 2.49. The van der Waals surface area contributed by atoms with Gasteiger partial charge in [0.2, 0.25) is 5.91 Å². The van der Waals surface area contributed by atoms with Gasteiger partial charge in [0.15, 0.2) is 0 Å². The minimum Gasteiger partial charge on any atom is -0.479 e. The number of carbonyl (C=O) groups is 2. The van der Waals surface area contributed by atoms with Crippen molar-refractivity contribution in [1.82, 2.24) is 4.90 Å². The van der Waals surface area contributed by atoms with Crippen molar-refractivity contribution in [2.75, 3.05) is 6.54 Å². The molecule has 0 saturated carbocycles. The summed E-state index contributed by atoms with van der Waals surface area (Å²) in [5.41, 5.74) is 4.85. The zero-order valence-corrected chi connectivity index (χ0v) is 11.5. The number of carboxylic acids is 1. The third-order valence-electron chi connectivity index (χ3n) is 3.78. The number of hydrogen-bond acceptors (Lipinski definition) is 3. The average molecular weight is 256 g/mol. The summed E-state index contributed by atoms with van der Waals surface area (Å²) < 4.78 is 0. The number of amides is 1. The molecule has 2 unspecified atom stereocenters. The second kappa shape index (κ2) is 5.69. The first-order chi connectivity index (χ1) is 8.35. The molecule has 0 aliphatic carbocycles. The molecule has 0 spiro atoms. The molecule has 0 radical (unpaired) electrons. The van der Waals surface area contributed by atoms with E-state index in [1.165, 1.54) is 4.90 Å². The second-order valence-corrected chi connectivity index (χ2v) is 5.52. The largest absolute Gasteiger partial charge is 0.479 e. The molecule has 5 heteroatoms. The molecule has 1 fully saturated rings. The quantitative estimate of drug-likeness (QED) is 0.774.